The lowest BCUT2D eigenvalue weighted by Gasteiger charge is -2.58. The molecule has 11 atom stereocenters. The lowest BCUT2D eigenvalue weighted by atomic mass is 9.44. The van der Waals surface area contributed by atoms with E-state index in [0.717, 1.165) is 42.9 Å². The minimum Gasteiger partial charge on any atom is -0.393 e. The van der Waals surface area contributed by atoms with E-state index in [-0.39, 0.29) is 28.8 Å². The van der Waals surface area contributed by atoms with Crippen molar-refractivity contribution in [1.29, 1.82) is 0 Å². The molecular weight excluding hydrogens is 372 g/mol. The molecule has 30 heavy (non-hydrogen) atoms. The molecule has 0 aromatic heterocycles. The Morgan fingerprint density at radius 3 is 2.47 bits per heavy atom. The van der Waals surface area contributed by atoms with Gasteiger partial charge in [0, 0.05) is 11.8 Å². The lowest BCUT2D eigenvalue weighted by molar-refractivity contribution is -0.119. The maximum atomic E-state index is 10.4. The molecule has 4 saturated carbocycles. The average Bonchev–Trinajstić information content (AvgIpc) is 3.54. The molecule has 3 heteroatoms. The molecule has 2 aliphatic heterocycles. The monoisotopic (exact) mass is 416 g/mol. The molecule has 2 heterocycles. The maximum Gasteiger partial charge on any atom is 0.117 e. The van der Waals surface area contributed by atoms with Crippen molar-refractivity contribution in [3.63, 3.8) is 0 Å². The summed E-state index contributed by atoms with van der Waals surface area (Å²) in [5.74, 6) is 3.88. The first-order valence-corrected chi connectivity index (χ1v) is 13.2. The van der Waals surface area contributed by atoms with E-state index >= 15 is 0 Å². The number of rotatable bonds is 5. The Bertz CT molecular complexity index is 721. The van der Waals surface area contributed by atoms with Gasteiger partial charge in [0.1, 0.15) is 23.4 Å². The van der Waals surface area contributed by atoms with E-state index in [9.17, 15) is 5.11 Å². The van der Waals surface area contributed by atoms with Crippen molar-refractivity contribution in [1.82, 2.24) is 0 Å². The van der Waals surface area contributed by atoms with Gasteiger partial charge < -0.3 is 14.6 Å². The topological polar surface area (TPSA) is 45.3 Å². The number of aliphatic hydroxyl groups excluding tert-OH is 1. The fraction of sp³-hybridized carbons (Fsp3) is 1.00. The second kappa shape index (κ2) is 6.26. The van der Waals surface area contributed by atoms with Crippen molar-refractivity contribution in [2.24, 2.45) is 40.4 Å². The highest BCUT2D eigenvalue weighted by Crippen LogP contribution is 2.81. The molecule has 170 valence electrons. The van der Waals surface area contributed by atoms with Crippen LogP contribution in [-0.4, -0.2) is 34.6 Å². The third-order valence-electron chi connectivity index (χ3n) is 11.6. The molecule has 6 aliphatic rings. The van der Waals surface area contributed by atoms with Gasteiger partial charge in [-0.15, -0.1) is 0 Å². The van der Waals surface area contributed by atoms with Crippen LogP contribution < -0.4 is 0 Å². The van der Waals surface area contributed by atoms with Gasteiger partial charge in [-0.05, 0) is 73.5 Å². The predicted octanol–water partition coefficient (Wildman–Crippen LogP) is 5.73. The van der Waals surface area contributed by atoms with Crippen LogP contribution in [0.4, 0.5) is 0 Å². The number of hydrogen-bond acceptors (Lipinski definition) is 3. The van der Waals surface area contributed by atoms with Crippen LogP contribution in [0.25, 0.3) is 0 Å². The highest BCUT2D eigenvalue weighted by molar-refractivity contribution is 5.37. The van der Waals surface area contributed by atoms with E-state index in [1.807, 2.05) is 0 Å². The Morgan fingerprint density at radius 2 is 1.70 bits per heavy atom. The molecule has 0 aromatic carbocycles. The molecule has 6 rings (SSSR count). The second-order valence-electron chi connectivity index (χ2n) is 13.3. The molecule has 2 spiro atoms. The smallest absolute Gasteiger partial charge is 0.117 e. The van der Waals surface area contributed by atoms with Crippen LogP contribution >= 0.6 is 0 Å². The predicted molar refractivity (Wildman–Crippen MR) is 118 cm³/mol. The highest BCUT2D eigenvalue weighted by atomic mass is 16.7. The van der Waals surface area contributed by atoms with E-state index in [2.05, 4.69) is 34.6 Å². The Kier molecular flexibility index (Phi) is 4.27. The van der Waals surface area contributed by atoms with Crippen LogP contribution in [0, 0.1) is 40.4 Å². The number of ether oxygens (including phenoxy) is 2. The number of hydrogen-bond donors (Lipinski definition) is 1. The van der Waals surface area contributed by atoms with Crippen molar-refractivity contribution in [3.8, 4) is 0 Å². The minimum atomic E-state index is -0.175. The first kappa shape index (κ1) is 20.5. The van der Waals surface area contributed by atoms with Crippen LogP contribution in [0.5, 0.6) is 0 Å². The summed E-state index contributed by atoms with van der Waals surface area (Å²) in [6.45, 7) is 12.4. The molecule has 2 saturated heterocycles. The van der Waals surface area contributed by atoms with Crippen LogP contribution in [0.2, 0.25) is 0 Å². The Morgan fingerprint density at radius 1 is 0.900 bits per heavy atom. The third kappa shape index (κ3) is 2.34. The molecule has 3 nitrogen and oxygen atoms in total. The van der Waals surface area contributed by atoms with Gasteiger partial charge in [0.2, 0.25) is 0 Å². The van der Waals surface area contributed by atoms with E-state index in [1.54, 1.807) is 0 Å². The summed E-state index contributed by atoms with van der Waals surface area (Å²) in [6, 6.07) is 0. The Balaban J connectivity index is 1.26. The molecule has 4 aliphatic carbocycles. The number of fused-ring (bicyclic) bond motifs is 3. The fourth-order valence-electron chi connectivity index (χ4n) is 10.1. The van der Waals surface area contributed by atoms with Gasteiger partial charge in [-0.2, -0.15) is 0 Å². The summed E-state index contributed by atoms with van der Waals surface area (Å²) in [5, 5.41) is 10.4. The zero-order valence-corrected chi connectivity index (χ0v) is 20.0. The van der Waals surface area contributed by atoms with Gasteiger partial charge in [-0.25, -0.2) is 0 Å². The Labute approximate surface area is 183 Å². The first-order chi connectivity index (χ1) is 14.2. The first-order valence-electron chi connectivity index (χ1n) is 13.2. The average molecular weight is 417 g/mol. The van der Waals surface area contributed by atoms with Crippen LogP contribution in [0.1, 0.15) is 98.8 Å². The largest absolute Gasteiger partial charge is 0.393 e. The minimum absolute atomic E-state index is 0.0735. The van der Waals surface area contributed by atoms with Crippen LogP contribution in [0.15, 0.2) is 0 Å². The van der Waals surface area contributed by atoms with E-state index in [0.29, 0.717) is 17.4 Å². The maximum absolute atomic E-state index is 10.4. The molecule has 0 bridgehead atoms. The molecule has 11 unspecified atom stereocenters. The van der Waals surface area contributed by atoms with Gasteiger partial charge in [-0.1, -0.05) is 53.9 Å². The van der Waals surface area contributed by atoms with Crippen LogP contribution in [-0.2, 0) is 9.47 Å². The van der Waals surface area contributed by atoms with E-state index in [4.69, 9.17) is 9.47 Å². The van der Waals surface area contributed by atoms with Crippen molar-refractivity contribution >= 4 is 0 Å². The molecule has 0 amide bonds. The van der Waals surface area contributed by atoms with Crippen molar-refractivity contribution in [2.45, 2.75) is 128 Å². The summed E-state index contributed by atoms with van der Waals surface area (Å²) in [6.07, 6.45) is 12.9. The molecule has 0 aromatic rings. The Hall–Kier alpha value is -0.120. The summed E-state index contributed by atoms with van der Waals surface area (Å²) in [7, 11) is 0. The SMILES string of the molecule is CC(C)CCCC(C)C1CCC2C1(C)CCC1C23OC3C2OC23CC(O)CCC13C. The van der Waals surface area contributed by atoms with Gasteiger partial charge in [-0.3, -0.25) is 0 Å². The number of aliphatic hydroxyl groups is 1. The quantitative estimate of drug-likeness (QED) is 0.582. The lowest BCUT2D eigenvalue weighted by Crippen LogP contribution is -2.63. The molecule has 0 radical (unpaired) electrons. The molecule has 6 fully saturated rings. The fourth-order valence-corrected chi connectivity index (χ4v) is 10.1. The molecular formula is C27H44O3. The van der Waals surface area contributed by atoms with Crippen molar-refractivity contribution in [2.75, 3.05) is 0 Å². The van der Waals surface area contributed by atoms with Crippen molar-refractivity contribution in [3.05, 3.63) is 0 Å². The third-order valence-corrected chi connectivity index (χ3v) is 11.6. The van der Waals surface area contributed by atoms with Gasteiger partial charge >= 0.3 is 0 Å². The van der Waals surface area contributed by atoms with Gasteiger partial charge in [0.05, 0.1) is 6.10 Å². The second-order valence-corrected chi connectivity index (χ2v) is 13.3. The van der Waals surface area contributed by atoms with E-state index < -0.39 is 0 Å². The highest BCUT2D eigenvalue weighted by Gasteiger charge is 2.90. The van der Waals surface area contributed by atoms with Crippen LogP contribution in [0.3, 0.4) is 0 Å². The van der Waals surface area contributed by atoms with Gasteiger partial charge in [0.25, 0.3) is 0 Å². The summed E-state index contributed by atoms with van der Waals surface area (Å²) in [5.41, 5.74) is 0.672. The van der Waals surface area contributed by atoms with Gasteiger partial charge in [0.15, 0.2) is 0 Å². The summed E-state index contributed by atoms with van der Waals surface area (Å²) in [4.78, 5) is 0. The van der Waals surface area contributed by atoms with Crippen molar-refractivity contribution < 1.29 is 14.6 Å². The summed E-state index contributed by atoms with van der Waals surface area (Å²) >= 11 is 0. The number of epoxide rings is 2. The standard InChI is InChI=1S/C27H44O3/c1-16(2)7-6-8-17(3)19-9-10-20-24(19,4)13-12-21-25(5)14-11-18(28)15-26(25)22(29-26)23-27(20,21)30-23/h16-23,28H,6-15H2,1-5H3. The zero-order valence-electron chi connectivity index (χ0n) is 20.0. The van der Waals surface area contributed by atoms with E-state index in [1.165, 1.54) is 44.9 Å². The molecule has 1 N–H and O–H groups in total. The zero-order chi connectivity index (χ0) is 21.1. The normalized spacial score (nSPS) is 58.9. The summed E-state index contributed by atoms with van der Waals surface area (Å²) < 4.78 is 13.4.